The lowest BCUT2D eigenvalue weighted by Crippen LogP contribution is -2.39. The van der Waals surface area contributed by atoms with E-state index >= 15 is 0 Å². The zero-order chi connectivity index (χ0) is 20.4. The molecule has 1 aliphatic heterocycles. The zero-order valence-corrected chi connectivity index (χ0v) is 19.9. The first kappa shape index (κ1) is 25.1. The Hall–Kier alpha value is -2.15. The molecule has 2 aromatic heterocycles. The molecule has 0 radical (unpaired) electrons. The van der Waals surface area contributed by atoms with Crippen LogP contribution in [0.2, 0.25) is 0 Å². The number of rotatable bonds is 5. The fourth-order valence-electron chi connectivity index (χ4n) is 4.31. The molecule has 8 heteroatoms. The smallest absolute Gasteiger partial charge is 0.254 e. The average molecular weight is 464 g/mol. The van der Waals surface area contributed by atoms with Crippen LogP contribution in [0.25, 0.3) is 22.3 Å². The van der Waals surface area contributed by atoms with E-state index in [9.17, 15) is 4.79 Å². The normalized spacial score (nSPS) is 14.2. The van der Waals surface area contributed by atoms with Gasteiger partial charge in [0.25, 0.3) is 5.91 Å². The summed E-state index contributed by atoms with van der Waals surface area (Å²) in [7, 11) is 3.88. The van der Waals surface area contributed by atoms with Crippen molar-refractivity contribution in [2.45, 2.75) is 26.2 Å². The Bertz CT molecular complexity index is 1010. The van der Waals surface area contributed by atoms with Gasteiger partial charge in [-0.3, -0.25) is 9.48 Å². The van der Waals surface area contributed by atoms with Crippen molar-refractivity contribution >= 4 is 41.8 Å². The number of benzene rings is 1. The van der Waals surface area contributed by atoms with Crippen LogP contribution in [-0.2, 0) is 7.05 Å². The number of hydrogen-bond donors (Lipinski definition) is 1. The van der Waals surface area contributed by atoms with E-state index < -0.39 is 0 Å². The second-order valence-electron chi connectivity index (χ2n) is 7.96. The number of carbonyl (C=O) groups is 1. The average Bonchev–Trinajstić information content (AvgIpc) is 3.05. The molecule has 1 amide bonds. The summed E-state index contributed by atoms with van der Waals surface area (Å²) in [6.45, 7) is 4.62. The Labute approximate surface area is 196 Å². The number of fused-ring (bicyclic) bond motifs is 1. The van der Waals surface area contributed by atoms with Gasteiger partial charge in [0.05, 0.1) is 22.3 Å². The quantitative estimate of drug-likeness (QED) is 0.613. The van der Waals surface area contributed by atoms with Crippen LogP contribution in [0.3, 0.4) is 0 Å². The standard InChI is InChI=1S/C23H29N5O.2ClH/c1-16-21-19(23(29)28-13-10-17(11-14-28)9-12-24-2)15-20(18-7-5-4-6-8-18)25-22(21)27(3)26-16;;/h4-8,15,17,24H,9-14H2,1-3H3;2*1H. The first-order valence-electron chi connectivity index (χ1n) is 10.4. The Morgan fingerprint density at radius 1 is 1.16 bits per heavy atom. The molecular weight excluding hydrogens is 433 g/mol. The van der Waals surface area contributed by atoms with E-state index in [-0.39, 0.29) is 30.7 Å². The molecule has 3 heterocycles. The van der Waals surface area contributed by atoms with Crippen LogP contribution in [0.1, 0.15) is 35.3 Å². The third-order valence-electron chi connectivity index (χ3n) is 5.97. The van der Waals surface area contributed by atoms with Crippen molar-refractivity contribution in [3.63, 3.8) is 0 Å². The lowest BCUT2D eigenvalue weighted by Gasteiger charge is -2.32. The van der Waals surface area contributed by atoms with E-state index in [4.69, 9.17) is 4.98 Å². The minimum atomic E-state index is 0. The summed E-state index contributed by atoms with van der Waals surface area (Å²) in [4.78, 5) is 20.4. The Morgan fingerprint density at radius 3 is 2.48 bits per heavy atom. The minimum Gasteiger partial charge on any atom is -0.339 e. The van der Waals surface area contributed by atoms with E-state index in [0.717, 1.165) is 60.5 Å². The molecular formula is C23H31Cl2N5O. The van der Waals surface area contributed by atoms with E-state index in [1.165, 1.54) is 6.42 Å². The largest absolute Gasteiger partial charge is 0.339 e. The van der Waals surface area contributed by atoms with Crippen molar-refractivity contribution in [2.75, 3.05) is 26.7 Å². The van der Waals surface area contributed by atoms with E-state index in [1.807, 2.05) is 62.3 Å². The monoisotopic (exact) mass is 463 g/mol. The van der Waals surface area contributed by atoms with Crippen LogP contribution in [0, 0.1) is 12.8 Å². The summed E-state index contributed by atoms with van der Waals surface area (Å²) >= 11 is 0. The molecule has 4 rings (SSSR count). The van der Waals surface area contributed by atoms with Gasteiger partial charge in [-0.2, -0.15) is 5.10 Å². The number of piperidine rings is 1. The van der Waals surface area contributed by atoms with Crippen molar-refractivity contribution in [2.24, 2.45) is 13.0 Å². The SMILES string of the molecule is CNCCC1CCN(C(=O)c2cc(-c3ccccc3)nc3c2c(C)nn3C)CC1.Cl.Cl. The summed E-state index contributed by atoms with van der Waals surface area (Å²) in [5, 5.41) is 8.63. The molecule has 0 unspecified atom stereocenters. The van der Waals surface area contributed by atoms with Crippen molar-refractivity contribution < 1.29 is 4.79 Å². The molecule has 0 spiro atoms. The summed E-state index contributed by atoms with van der Waals surface area (Å²) < 4.78 is 1.78. The van der Waals surface area contributed by atoms with Gasteiger partial charge in [0.15, 0.2) is 5.65 Å². The summed E-state index contributed by atoms with van der Waals surface area (Å²) in [6, 6.07) is 12.0. The number of pyridine rings is 1. The minimum absolute atomic E-state index is 0. The molecule has 0 bridgehead atoms. The second kappa shape index (κ2) is 10.9. The molecule has 31 heavy (non-hydrogen) atoms. The number of nitrogens with zero attached hydrogens (tertiary/aromatic N) is 4. The van der Waals surface area contributed by atoms with Gasteiger partial charge in [0.2, 0.25) is 0 Å². The molecule has 3 aromatic rings. The van der Waals surface area contributed by atoms with Crippen molar-refractivity contribution in [1.82, 2.24) is 25.0 Å². The fourth-order valence-corrected chi connectivity index (χ4v) is 4.31. The highest BCUT2D eigenvalue weighted by molar-refractivity contribution is 6.07. The third kappa shape index (κ3) is 5.20. The third-order valence-corrected chi connectivity index (χ3v) is 5.97. The number of nitrogens with one attached hydrogen (secondary N) is 1. The molecule has 1 N–H and O–H groups in total. The number of halogens is 2. The van der Waals surface area contributed by atoms with E-state index in [0.29, 0.717) is 11.5 Å². The van der Waals surface area contributed by atoms with Gasteiger partial charge >= 0.3 is 0 Å². The van der Waals surface area contributed by atoms with Gasteiger partial charge in [-0.1, -0.05) is 30.3 Å². The van der Waals surface area contributed by atoms with E-state index in [1.54, 1.807) is 4.68 Å². The molecule has 0 aliphatic carbocycles. The maximum Gasteiger partial charge on any atom is 0.254 e. The topological polar surface area (TPSA) is 63.1 Å². The second-order valence-corrected chi connectivity index (χ2v) is 7.96. The predicted molar refractivity (Wildman–Crippen MR) is 130 cm³/mol. The van der Waals surface area contributed by atoms with Gasteiger partial charge in [-0.15, -0.1) is 24.8 Å². The van der Waals surface area contributed by atoms with Crippen LogP contribution in [0.15, 0.2) is 36.4 Å². The van der Waals surface area contributed by atoms with E-state index in [2.05, 4.69) is 10.4 Å². The van der Waals surface area contributed by atoms with Gasteiger partial charge < -0.3 is 10.2 Å². The number of likely N-dealkylation sites (tertiary alicyclic amines) is 1. The van der Waals surface area contributed by atoms with Gasteiger partial charge in [0, 0.05) is 25.7 Å². The molecule has 1 fully saturated rings. The fraction of sp³-hybridized carbons (Fsp3) is 0.435. The number of amides is 1. The zero-order valence-electron chi connectivity index (χ0n) is 18.3. The Morgan fingerprint density at radius 2 is 1.84 bits per heavy atom. The predicted octanol–water partition coefficient (Wildman–Crippen LogP) is 4.25. The number of carbonyl (C=O) groups excluding carboxylic acids is 1. The van der Waals surface area contributed by atoms with Crippen LogP contribution in [0.5, 0.6) is 0 Å². The first-order chi connectivity index (χ1) is 14.1. The Balaban J connectivity index is 0.00000171. The first-order valence-corrected chi connectivity index (χ1v) is 10.4. The maximum atomic E-state index is 13.5. The highest BCUT2D eigenvalue weighted by atomic mass is 35.5. The van der Waals surface area contributed by atoms with Crippen molar-refractivity contribution in [3.05, 3.63) is 47.7 Å². The van der Waals surface area contributed by atoms with Crippen molar-refractivity contribution in [3.8, 4) is 11.3 Å². The molecule has 0 atom stereocenters. The molecule has 6 nitrogen and oxygen atoms in total. The molecule has 0 saturated carbocycles. The van der Waals surface area contributed by atoms with Crippen LogP contribution < -0.4 is 5.32 Å². The van der Waals surface area contributed by atoms with Crippen molar-refractivity contribution in [1.29, 1.82) is 0 Å². The molecule has 1 aromatic carbocycles. The van der Waals surface area contributed by atoms with Gasteiger partial charge in [0.1, 0.15) is 0 Å². The van der Waals surface area contributed by atoms with Gasteiger partial charge in [-0.25, -0.2) is 4.98 Å². The Kier molecular flexibility index (Phi) is 8.86. The highest BCUT2D eigenvalue weighted by Gasteiger charge is 2.27. The number of hydrogen-bond acceptors (Lipinski definition) is 4. The summed E-state index contributed by atoms with van der Waals surface area (Å²) in [5.74, 6) is 0.793. The lowest BCUT2D eigenvalue weighted by atomic mass is 9.93. The number of aryl methyl sites for hydroxylation is 2. The molecule has 168 valence electrons. The molecule has 1 aliphatic rings. The summed E-state index contributed by atoms with van der Waals surface area (Å²) in [6.07, 6.45) is 3.32. The van der Waals surface area contributed by atoms with Crippen LogP contribution >= 0.6 is 24.8 Å². The maximum absolute atomic E-state index is 13.5. The highest BCUT2D eigenvalue weighted by Crippen LogP contribution is 2.29. The summed E-state index contributed by atoms with van der Waals surface area (Å²) in [5.41, 5.74) is 4.15. The molecule has 1 saturated heterocycles. The van der Waals surface area contributed by atoms with Gasteiger partial charge in [-0.05, 0) is 51.8 Å². The lowest BCUT2D eigenvalue weighted by molar-refractivity contribution is 0.0689. The van der Waals surface area contributed by atoms with Crippen LogP contribution in [-0.4, -0.2) is 52.3 Å². The number of aromatic nitrogens is 3. The van der Waals surface area contributed by atoms with Crippen LogP contribution in [0.4, 0.5) is 0 Å².